The van der Waals surface area contributed by atoms with Crippen LogP contribution in [0, 0.1) is 0 Å². The highest BCUT2D eigenvalue weighted by Gasteiger charge is 2.29. The molecule has 0 amide bonds. The Morgan fingerprint density at radius 2 is 2.22 bits per heavy atom. The number of para-hydroxylation sites is 1. The predicted molar refractivity (Wildman–Crippen MR) is 66.8 cm³/mol. The summed E-state index contributed by atoms with van der Waals surface area (Å²) in [5.74, 6) is 0.759. The molecule has 1 atom stereocenters. The molecule has 4 nitrogen and oxygen atoms in total. The summed E-state index contributed by atoms with van der Waals surface area (Å²) in [5.41, 5.74) is 1.50. The highest BCUT2D eigenvalue weighted by Crippen LogP contribution is 2.35. The first kappa shape index (κ1) is 11.0. The molecule has 2 heterocycles. The molecule has 0 N–H and O–H groups in total. The Morgan fingerprint density at radius 1 is 1.39 bits per heavy atom. The minimum atomic E-state index is -0.134. The van der Waals surface area contributed by atoms with Gasteiger partial charge in [-0.05, 0) is 18.6 Å². The van der Waals surface area contributed by atoms with E-state index in [0.29, 0.717) is 18.7 Å². The predicted octanol–water partition coefficient (Wildman–Crippen LogP) is 2.17. The second-order valence-electron chi connectivity index (χ2n) is 4.47. The van der Waals surface area contributed by atoms with Gasteiger partial charge in [0.2, 0.25) is 0 Å². The van der Waals surface area contributed by atoms with Gasteiger partial charge < -0.3 is 4.74 Å². The van der Waals surface area contributed by atoms with Crippen molar-refractivity contribution in [1.82, 2.24) is 9.78 Å². The zero-order chi connectivity index (χ0) is 12.5. The van der Waals surface area contributed by atoms with Gasteiger partial charge in [-0.3, -0.25) is 9.48 Å². The van der Waals surface area contributed by atoms with Gasteiger partial charge in [0.15, 0.2) is 5.78 Å². The third-order valence-corrected chi connectivity index (χ3v) is 3.24. The molecule has 1 aromatic carbocycles. The Kier molecular flexibility index (Phi) is 2.63. The number of hydrogen-bond acceptors (Lipinski definition) is 3. The van der Waals surface area contributed by atoms with Gasteiger partial charge in [0.1, 0.15) is 11.4 Å². The van der Waals surface area contributed by atoms with E-state index in [1.54, 1.807) is 16.9 Å². The van der Waals surface area contributed by atoms with Gasteiger partial charge in [-0.2, -0.15) is 5.10 Å². The van der Waals surface area contributed by atoms with Crippen LogP contribution in [0.5, 0.6) is 5.75 Å². The maximum atomic E-state index is 12.4. The maximum absolute atomic E-state index is 12.4. The number of benzene rings is 1. The summed E-state index contributed by atoms with van der Waals surface area (Å²) in [6.07, 6.45) is 2.50. The summed E-state index contributed by atoms with van der Waals surface area (Å²) in [6, 6.07) is 9.49. The number of hydrogen-bond donors (Lipinski definition) is 0. The van der Waals surface area contributed by atoms with Gasteiger partial charge >= 0.3 is 0 Å². The van der Waals surface area contributed by atoms with Crippen molar-refractivity contribution in [2.45, 2.75) is 12.3 Å². The van der Waals surface area contributed by atoms with Crippen LogP contribution in [0.15, 0.2) is 36.5 Å². The van der Waals surface area contributed by atoms with E-state index in [2.05, 4.69) is 5.10 Å². The van der Waals surface area contributed by atoms with E-state index in [0.717, 1.165) is 11.3 Å². The Bertz CT molecular complexity index is 589. The minimum absolute atomic E-state index is 0.0753. The lowest BCUT2D eigenvalue weighted by atomic mass is 9.88. The van der Waals surface area contributed by atoms with E-state index in [1.807, 2.05) is 31.3 Å². The number of Topliss-reactive ketones (excluding diaryl/α,β-unsaturated/α-hetero) is 1. The quantitative estimate of drug-likeness (QED) is 0.758. The molecule has 1 aromatic heterocycles. The van der Waals surface area contributed by atoms with Crippen LogP contribution in [-0.4, -0.2) is 22.2 Å². The molecule has 1 aliphatic rings. The SMILES string of the molecule is Cn1ccc(C(=O)C2CCOc3ccccc32)n1. The zero-order valence-corrected chi connectivity index (χ0v) is 10.2. The smallest absolute Gasteiger partial charge is 0.190 e. The van der Waals surface area contributed by atoms with Gasteiger partial charge in [0.25, 0.3) is 0 Å². The standard InChI is InChI=1S/C14H14N2O2/c1-16-8-6-12(15-16)14(17)11-7-9-18-13-5-3-2-4-10(11)13/h2-6,8,11H,7,9H2,1H3. The van der Waals surface area contributed by atoms with E-state index in [1.165, 1.54) is 0 Å². The third-order valence-electron chi connectivity index (χ3n) is 3.24. The summed E-state index contributed by atoms with van der Waals surface area (Å²) in [6.45, 7) is 0.584. The van der Waals surface area contributed by atoms with Gasteiger partial charge in [-0.1, -0.05) is 18.2 Å². The van der Waals surface area contributed by atoms with E-state index in [4.69, 9.17) is 4.74 Å². The third kappa shape index (κ3) is 1.79. The average Bonchev–Trinajstić information content (AvgIpc) is 2.84. The second-order valence-corrected chi connectivity index (χ2v) is 4.47. The normalized spacial score (nSPS) is 17.9. The number of carbonyl (C=O) groups is 1. The second kappa shape index (κ2) is 4.29. The van der Waals surface area contributed by atoms with Crippen molar-refractivity contribution in [1.29, 1.82) is 0 Å². The molecule has 18 heavy (non-hydrogen) atoms. The van der Waals surface area contributed by atoms with Crippen LogP contribution >= 0.6 is 0 Å². The van der Waals surface area contributed by atoms with Crippen LogP contribution in [0.2, 0.25) is 0 Å². The van der Waals surface area contributed by atoms with E-state index >= 15 is 0 Å². The molecule has 4 heteroatoms. The Balaban J connectivity index is 1.96. The summed E-state index contributed by atoms with van der Waals surface area (Å²) in [4.78, 5) is 12.4. The summed E-state index contributed by atoms with van der Waals surface area (Å²) in [5, 5.41) is 4.19. The molecule has 0 fully saturated rings. The monoisotopic (exact) mass is 242 g/mol. The zero-order valence-electron chi connectivity index (χ0n) is 10.2. The van der Waals surface area contributed by atoms with E-state index < -0.39 is 0 Å². The molecule has 92 valence electrons. The number of rotatable bonds is 2. The van der Waals surface area contributed by atoms with Gasteiger partial charge in [-0.25, -0.2) is 0 Å². The summed E-state index contributed by atoms with van der Waals surface area (Å²) < 4.78 is 7.22. The number of aromatic nitrogens is 2. The van der Waals surface area contributed by atoms with Gasteiger partial charge in [0.05, 0.1) is 12.5 Å². The Morgan fingerprint density at radius 3 is 3.00 bits per heavy atom. The molecule has 0 saturated carbocycles. The topological polar surface area (TPSA) is 44.1 Å². The Labute approximate surface area is 105 Å². The number of ether oxygens (including phenoxy) is 1. The van der Waals surface area contributed by atoms with Crippen LogP contribution in [0.3, 0.4) is 0 Å². The minimum Gasteiger partial charge on any atom is -0.493 e. The molecule has 0 bridgehead atoms. The molecular formula is C14H14N2O2. The summed E-state index contributed by atoms with van der Waals surface area (Å²) >= 11 is 0. The average molecular weight is 242 g/mol. The van der Waals surface area contributed by atoms with Crippen LogP contribution in [0.25, 0.3) is 0 Å². The Hall–Kier alpha value is -2.10. The number of fused-ring (bicyclic) bond motifs is 1. The molecule has 2 aromatic rings. The van der Waals surface area contributed by atoms with Crippen molar-refractivity contribution < 1.29 is 9.53 Å². The van der Waals surface area contributed by atoms with Crippen molar-refractivity contribution in [2.24, 2.45) is 7.05 Å². The van der Waals surface area contributed by atoms with E-state index in [9.17, 15) is 4.79 Å². The van der Waals surface area contributed by atoms with Crippen molar-refractivity contribution in [3.8, 4) is 5.75 Å². The first-order chi connectivity index (χ1) is 8.75. The van der Waals surface area contributed by atoms with Crippen LogP contribution < -0.4 is 4.74 Å². The summed E-state index contributed by atoms with van der Waals surface area (Å²) in [7, 11) is 1.81. The van der Waals surface area contributed by atoms with Crippen molar-refractivity contribution in [3.63, 3.8) is 0 Å². The highest BCUT2D eigenvalue weighted by molar-refractivity contribution is 5.99. The first-order valence-electron chi connectivity index (χ1n) is 6.01. The lowest BCUT2D eigenvalue weighted by Gasteiger charge is -2.24. The lowest BCUT2D eigenvalue weighted by molar-refractivity contribution is 0.0927. The molecule has 0 aliphatic carbocycles. The van der Waals surface area contributed by atoms with Gasteiger partial charge in [0, 0.05) is 18.8 Å². The largest absolute Gasteiger partial charge is 0.493 e. The first-order valence-corrected chi connectivity index (χ1v) is 6.01. The van der Waals surface area contributed by atoms with Crippen molar-refractivity contribution in [2.75, 3.05) is 6.61 Å². The molecular weight excluding hydrogens is 228 g/mol. The maximum Gasteiger partial charge on any atom is 0.190 e. The molecule has 3 rings (SSSR count). The fraction of sp³-hybridized carbons (Fsp3) is 0.286. The van der Waals surface area contributed by atoms with Crippen LogP contribution in [0.1, 0.15) is 28.4 Å². The molecule has 0 radical (unpaired) electrons. The molecule has 1 aliphatic heterocycles. The van der Waals surface area contributed by atoms with Gasteiger partial charge in [-0.15, -0.1) is 0 Å². The number of aryl methyl sites for hydroxylation is 1. The number of ketones is 1. The van der Waals surface area contributed by atoms with Crippen molar-refractivity contribution in [3.05, 3.63) is 47.8 Å². The lowest BCUT2D eigenvalue weighted by Crippen LogP contribution is -2.21. The number of nitrogens with zero attached hydrogens (tertiary/aromatic N) is 2. The fourth-order valence-electron chi connectivity index (χ4n) is 2.34. The highest BCUT2D eigenvalue weighted by atomic mass is 16.5. The fourth-order valence-corrected chi connectivity index (χ4v) is 2.34. The number of carbonyl (C=O) groups excluding carboxylic acids is 1. The van der Waals surface area contributed by atoms with Crippen molar-refractivity contribution >= 4 is 5.78 Å². The molecule has 0 spiro atoms. The van der Waals surface area contributed by atoms with E-state index in [-0.39, 0.29) is 11.7 Å². The molecule has 1 unspecified atom stereocenters. The van der Waals surface area contributed by atoms with Crippen LogP contribution in [0.4, 0.5) is 0 Å². The molecule has 0 saturated heterocycles. The van der Waals surface area contributed by atoms with Crippen LogP contribution in [-0.2, 0) is 7.05 Å².